The normalized spacial score (nSPS) is 53.0. The average Bonchev–Trinajstić information content (AvgIpc) is 1.85. The van der Waals surface area contributed by atoms with Crippen molar-refractivity contribution in [2.24, 2.45) is 0 Å². The number of fused-ring (bicyclic) bond motifs is 1. The van der Waals surface area contributed by atoms with Crippen molar-refractivity contribution in [1.82, 2.24) is 0 Å². The van der Waals surface area contributed by atoms with E-state index in [2.05, 4.69) is 4.52 Å². The van der Waals surface area contributed by atoms with Gasteiger partial charge in [0, 0.05) is 0 Å². The standard InChI is InChI=1S/C3H5O5P/c1-2-3(4,5)8-9(6-2)7-2/h4-5H,1H3. The number of aliphatic hydroxyl groups is 2. The highest BCUT2D eigenvalue weighted by Gasteiger charge is 2.71. The molecule has 0 radical (unpaired) electrons. The van der Waals surface area contributed by atoms with Crippen molar-refractivity contribution >= 4 is 8.60 Å². The first kappa shape index (κ1) is 5.97. The van der Waals surface area contributed by atoms with Gasteiger partial charge in [0.15, 0.2) is 0 Å². The molecule has 3 fully saturated rings. The fourth-order valence-corrected chi connectivity index (χ4v) is 1.90. The first-order valence-corrected chi connectivity index (χ1v) is 3.45. The first-order valence-electron chi connectivity index (χ1n) is 2.36. The molecular weight excluding hydrogens is 147 g/mol. The van der Waals surface area contributed by atoms with Crippen molar-refractivity contribution in [2.45, 2.75) is 18.7 Å². The zero-order chi connectivity index (χ0) is 6.70. The van der Waals surface area contributed by atoms with E-state index in [1.165, 1.54) is 6.92 Å². The first-order chi connectivity index (χ1) is 4.04. The van der Waals surface area contributed by atoms with Gasteiger partial charge >= 0.3 is 14.6 Å². The Kier molecular flexibility index (Phi) is 0.859. The Hall–Kier alpha value is 0.230. The van der Waals surface area contributed by atoms with Gasteiger partial charge in [0.1, 0.15) is 0 Å². The van der Waals surface area contributed by atoms with Gasteiger partial charge in [-0.25, -0.2) is 4.52 Å². The second-order valence-electron chi connectivity index (χ2n) is 2.05. The highest BCUT2D eigenvalue weighted by atomic mass is 31.2. The molecule has 5 nitrogen and oxygen atoms in total. The summed E-state index contributed by atoms with van der Waals surface area (Å²) in [6.45, 7) is 1.40. The third-order valence-electron chi connectivity index (χ3n) is 1.29. The van der Waals surface area contributed by atoms with Crippen LogP contribution in [-0.2, 0) is 13.6 Å². The van der Waals surface area contributed by atoms with Gasteiger partial charge in [-0.15, -0.1) is 0 Å². The molecule has 52 valence electrons. The van der Waals surface area contributed by atoms with Crippen molar-refractivity contribution in [2.75, 3.05) is 0 Å². The van der Waals surface area contributed by atoms with E-state index < -0.39 is 20.4 Å². The van der Waals surface area contributed by atoms with Crippen LogP contribution >= 0.6 is 8.60 Å². The largest absolute Gasteiger partial charge is 0.343 e. The minimum atomic E-state index is -2.25. The molecule has 0 amide bonds. The van der Waals surface area contributed by atoms with Gasteiger partial charge in [0.05, 0.1) is 0 Å². The van der Waals surface area contributed by atoms with Gasteiger partial charge in [-0.05, 0) is 6.92 Å². The van der Waals surface area contributed by atoms with Crippen molar-refractivity contribution < 1.29 is 23.8 Å². The monoisotopic (exact) mass is 152 g/mol. The van der Waals surface area contributed by atoms with E-state index in [1.54, 1.807) is 0 Å². The maximum absolute atomic E-state index is 8.86. The van der Waals surface area contributed by atoms with E-state index in [0.29, 0.717) is 0 Å². The summed E-state index contributed by atoms with van der Waals surface area (Å²) in [5.74, 6) is -3.60. The quantitative estimate of drug-likeness (QED) is 0.366. The lowest BCUT2D eigenvalue weighted by Crippen LogP contribution is -2.50. The van der Waals surface area contributed by atoms with E-state index >= 15 is 0 Å². The Morgan fingerprint density at radius 2 is 1.78 bits per heavy atom. The molecule has 3 aliphatic rings. The van der Waals surface area contributed by atoms with E-state index in [0.717, 1.165) is 0 Å². The van der Waals surface area contributed by atoms with Crippen molar-refractivity contribution in [3.05, 3.63) is 0 Å². The van der Waals surface area contributed by atoms with Crippen molar-refractivity contribution in [3.8, 4) is 0 Å². The van der Waals surface area contributed by atoms with Gasteiger partial charge in [0.2, 0.25) is 0 Å². The zero-order valence-corrected chi connectivity index (χ0v) is 5.46. The van der Waals surface area contributed by atoms with Gasteiger partial charge in [-0.1, -0.05) is 0 Å². The maximum atomic E-state index is 8.86. The van der Waals surface area contributed by atoms with E-state index in [-0.39, 0.29) is 0 Å². The molecule has 3 heterocycles. The number of rotatable bonds is 0. The summed E-state index contributed by atoms with van der Waals surface area (Å²) >= 11 is 0. The Morgan fingerprint density at radius 3 is 1.89 bits per heavy atom. The molecule has 0 aliphatic carbocycles. The van der Waals surface area contributed by atoms with E-state index in [4.69, 9.17) is 19.3 Å². The molecule has 0 aromatic heterocycles. The van der Waals surface area contributed by atoms with Crippen LogP contribution in [0.3, 0.4) is 0 Å². The van der Waals surface area contributed by atoms with Gasteiger partial charge in [0.25, 0.3) is 5.79 Å². The van der Waals surface area contributed by atoms with Crippen LogP contribution in [0.15, 0.2) is 0 Å². The Balaban J connectivity index is 2.30. The van der Waals surface area contributed by atoms with Crippen LogP contribution in [0.2, 0.25) is 0 Å². The molecule has 6 heteroatoms. The summed E-state index contributed by atoms with van der Waals surface area (Å²) < 4.78 is 14.0. The lowest BCUT2D eigenvalue weighted by atomic mass is 10.3. The van der Waals surface area contributed by atoms with E-state index in [9.17, 15) is 0 Å². The summed E-state index contributed by atoms with van der Waals surface area (Å²) in [5.41, 5.74) is 0. The average molecular weight is 152 g/mol. The minimum Gasteiger partial charge on any atom is -0.339 e. The van der Waals surface area contributed by atoms with Crippen LogP contribution < -0.4 is 0 Å². The van der Waals surface area contributed by atoms with Crippen molar-refractivity contribution in [3.63, 3.8) is 0 Å². The smallest absolute Gasteiger partial charge is 0.339 e. The highest BCUT2D eigenvalue weighted by Crippen LogP contribution is 2.70. The molecule has 3 aliphatic heterocycles. The fourth-order valence-electron chi connectivity index (χ4n) is 0.634. The molecule has 0 atom stereocenters. The predicted molar refractivity (Wildman–Crippen MR) is 25.7 cm³/mol. The molecule has 3 saturated heterocycles. The van der Waals surface area contributed by atoms with Crippen LogP contribution in [-0.4, -0.2) is 22.0 Å². The zero-order valence-electron chi connectivity index (χ0n) is 4.57. The number of hydrogen-bond acceptors (Lipinski definition) is 5. The van der Waals surface area contributed by atoms with Crippen LogP contribution in [0.25, 0.3) is 0 Å². The maximum Gasteiger partial charge on any atom is 0.343 e. The lowest BCUT2D eigenvalue weighted by molar-refractivity contribution is -0.372. The van der Waals surface area contributed by atoms with Crippen LogP contribution in [0, 0.1) is 0 Å². The van der Waals surface area contributed by atoms with E-state index in [1.807, 2.05) is 0 Å². The Morgan fingerprint density at radius 1 is 1.22 bits per heavy atom. The van der Waals surface area contributed by atoms with Crippen LogP contribution in [0.5, 0.6) is 0 Å². The molecular formula is C3H5O5P. The summed E-state index contributed by atoms with van der Waals surface area (Å²) in [6.07, 6.45) is 0. The topological polar surface area (TPSA) is 68.2 Å². The summed E-state index contributed by atoms with van der Waals surface area (Å²) in [5, 5.41) is 17.7. The fraction of sp³-hybridized carbons (Fsp3) is 1.00. The molecule has 9 heavy (non-hydrogen) atoms. The predicted octanol–water partition coefficient (Wildman–Crippen LogP) is -0.355. The van der Waals surface area contributed by atoms with Crippen molar-refractivity contribution in [1.29, 1.82) is 0 Å². The highest BCUT2D eigenvalue weighted by molar-refractivity contribution is 7.43. The lowest BCUT2D eigenvalue weighted by Gasteiger charge is -2.32. The minimum absolute atomic E-state index is 1.35. The molecule has 2 bridgehead atoms. The van der Waals surface area contributed by atoms with Crippen LogP contribution in [0.1, 0.15) is 6.92 Å². The second-order valence-corrected chi connectivity index (χ2v) is 3.05. The molecule has 0 aromatic carbocycles. The van der Waals surface area contributed by atoms with Gasteiger partial charge in [-0.2, -0.15) is 0 Å². The summed E-state index contributed by atoms with van der Waals surface area (Å²) in [7, 11) is -1.46. The van der Waals surface area contributed by atoms with Gasteiger partial charge < -0.3 is 10.2 Å². The second kappa shape index (κ2) is 1.29. The third kappa shape index (κ3) is 0.544. The molecule has 3 rings (SSSR count). The molecule has 0 spiro atoms. The summed E-state index contributed by atoms with van der Waals surface area (Å²) in [6, 6.07) is 0. The molecule has 0 saturated carbocycles. The van der Waals surface area contributed by atoms with Gasteiger partial charge in [-0.3, -0.25) is 9.05 Å². The Bertz CT molecular complexity index is 148. The van der Waals surface area contributed by atoms with Crippen LogP contribution in [0.4, 0.5) is 0 Å². The SMILES string of the molecule is CC12OP(OC1(O)O)O2. The third-order valence-corrected chi connectivity index (χ3v) is 2.69. The molecule has 0 unspecified atom stereocenters. The molecule has 2 N–H and O–H groups in total. The number of hydrogen-bond donors (Lipinski definition) is 2. The summed E-state index contributed by atoms with van der Waals surface area (Å²) in [4.78, 5) is 0. The Labute approximate surface area is 52.1 Å². The molecule has 0 aromatic rings.